The van der Waals surface area contributed by atoms with Crippen LogP contribution >= 0.6 is 27.3 Å². The maximum absolute atomic E-state index is 5.66. The van der Waals surface area contributed by atoms with Crippen molar-refractivity contribution in [2.24, 2.45) is 5.84 Å². The summed E-state index contributed by atoms with van der Waals surface area (Å²) in [5, 5.41) is 8.53. The Kier molecular flexibility index (Phi) is 4.33. The van der Waals surface area contributed by atoms with E-state index < -0.39 is 0 Å². The molecular weight excluding hydrogens is 300 g/mol. The number of hydrogen-bond donors (Lipinski definition) is 2. The summed E-state index contributed by atoms with van der Waals surface area (Å²) in [6.07, 6.45) is 2.68. The van der Waals surface area contributed by atoms with Crippen molar-refractivity contribution < 1.29 is 0 Å². The lowest BCUT2D eigenvalue weighted by Gasteiger charge is -2.17. The van der Waals surface area contributed by atoms with E-state index in [1.807, 2.05) is 10.9 Å². The van der Waals surface area contributed by atoms with Crippen LogP contribution in [0.15, 0.2) is 27.5 Å². The van der Waals surface area contributed by atoms with Crippen molar-refractivity contribution >= 4 is 27.3 Å². The van der Waals surface area contributed by atoms with Crippen molar-refractivity contribution in [3.63, 3.8) is 0 Å². The van der Waals surface area contributed by atoms with Crippen LogP contribution in [-0.2, 0) is 13.0 Å². The molecule has 1 atom stereocenters. The predicted octanol–water partition coefficient (Wildman–Crippen LogP) is 2.47. The summed E-state index contributed by atoms with van der Waals surface area (Å²) >= 11 is 5.23. The topological polar surface area (TPSA) is 55.9 Å². The normalized spacial score (nSPS) is 12.9. The van der Waals surface area contributed by atoms with Crippen LogP contribution in [0.5, 0.6) is 0 Å². The minimum atomic E-state index is 0.0708. The van der Waals surface area contributed by atoms with Gasteiger partial charge in [0.2, 0.25) is 0 Å². The fraction of sp³-hybridized carbons (Fsp3) is 0.364. The summed E-state index contributed by atoms with van der Waals surface area (Å²) < 4.78 is 2.96. The number of hydrazine groups is 1. The molecule has 0 spiro atoms. The summed E-state index contributed by atoms with van der Waals surface area (Å²) in [5.74, 6) is 5.66. The Bertz CT molecular complexity index is 466. The molecule has 17 heavy (non-hydrogen) atoms. The number of nitrogens with zero attached hydrogens (tertiary/aromatic N) is 2. The molecule has 2 rings (SSSR count). The molecule has 2 aromatic rings. The van der Waals surface area contributed by atoms with Gasteiger partial charge in [0.05, 0.1) is 22.4 Å². The lowest BCUT2D eigenvalue weighted by atomic mass is 10.1. The molecule has 92 valence electrons. The second-order valence-corrected chi connectivity index (χ2v) is 5.38. The molecule has 6 heteroatoms. The molecule has 2 aromatic heterocycles. The summed E-state index contributed by atoms with van der Waals surface area (Å²) in [7, 11) is 0. The number of halogens is 1. The van der Waals surface area contributed by atoms with Gasteiger partial charge in [-0.25, -0.2) is 0 Å². The molecule has 0 amide bonds. The Morgan fingerprint density at radius 3 is 3.06 bits per heavy atom. The minimum absolute atomic E-state index is 0.0708. The molecule has 2 heterocycles. The van der Waals surface area contributed by atoms with Crippen LogP contribution in [0.3, 0.4) is 0 Å². The number of rotatable bonds is 5. The smallest absolute Gasteiger partial charge is 0.0712 e. The van der Waals surface area contributed by atoms with E-state index in [4.69, 9.17) is 5.84 Å². The van der Waals surface area contributed by atoms with E-state index in [1.54, 1.807) is 11.3 Å². The van der Waals surface area contributed by atoms with Crippen LogP contribution in [0.4, 0.5) is 0 Å². The maximum atomic E-state index is 5.66. The maximum Gasteiger partial charge on any atom is 0.0712 e. The Balaban J connectivity index is 2.25. The van der Waals surface area contributed by atoms with Crippen molar-refractivity contribution in [3.05, 3.63) is 38.8 Å². The number of nitrogens with one attached hydrogen (secondary N) is 1. The quantitative estimate of drug-likeness (QED) is 0.658. The fourth-order valence-electron chi connectivity index (χ4n) is 1.85. The lowest BCUT2D eigenvalue weighted by Crippen LogP contribution is -2.31. The monoisotopic (exact) mass is 314 g/mol. The van der Waals surface area contributed by atoms with Gasteiger partial charge in [0.25, 0.3) is 0 Å². The van der Waals surface area contributed by atoms with Crippen LogP contribution in [-0.4, -0.2) is 9.78 Å². The summed E-state index contributed by atoms with van der Waals surface area (Å²) in [4.78, 5) is 0. The fourth-order valence-corrected chi connectivity index (χ4v) is 3.10. The van der Waals surface area contributed by atoms with Crippen LogP contribution in [0.1, 0.15) is 24.2 Å². The molecule has 3 N–H and O–H groups in total. The zero-order chi connectivity index (χ0) is 12.3. The van der Waals surface area contributed by atoms with Gasteiger partial charge in [-0.15, -0.1) is 0 Å². The SMILES string of the molecule is CCn1ncc(Br)c1C(Cc1ccsc1)NN. The largest absolute Gasteiger partial charge is 0.271 e. The predicted molar refractivity (Wildman–Crippen MR) is 73.7 cm³/mol. The summed E-state index contributed by atoms with van der Waals surface area (Å²) in [6, 6.07) is 2.19. The van der Waals surface area contributed by atoms with Gasteiger partial charge in [0.1, 0.15) is 0 Å². The zero-order valence-electron chi connectivity index (χ0n) is 9.56. The first-order valence-corrected chi connectivity index (χ1v) is 7.18. The first-order valence-electron chi connectivity index (χ1n) is 5.44. The third kappa shape index (κ3) is 2.77. The van der Waals surface area contributed by atoms with Gasteiger partial charge in [0.15, 0.2) is 0 Å². The van der Waals surface area contributed by atoms with Crippen LogP contribution in [0.2, 0.25) is 0 Å². The van der Waals surface area contributed by atoms with Gasteiger partial charge in [-0.2, -0.15) is 16.4 Å². The molecule has 0 fully saturated rings. The highest BCUT2D eigenvalue weighted by molar-refractivity contribution is 9.10. The third-order valence-electron chi connectivity index (χ3n) is 2.68. The highest BCUT2D eigenvalue weighted by Gasteiger charge is 2.19. The van der Waals surface area contributed by atoms with Crippen molar-refractivity contribution in [1.29, 1.82) is 0 Å². The average Bonchev–Trinajstić information content (AvgIpc) is 2.95. The van der Waals surface area contributed by atoms with Crippen molar-refractivity contribution in [3.8, 4) is 0 Å². The Labute approximate surface area is 113 Å². The number of thiophene rings is 1. The van der Waals surface area contributed by atoms with Crippen LogP contribution < -0.4 is 11.3 Å². The Hall–Kier alpha value is -0.690. The molecule has 4 nitrogen and oxygen atoms in total. The van der Waals surface area contributed by atoms with Gasteiger partial charge >= 0.3 is 0 Å². The lowest BCUT2D eigenvalue weighted by molar-refractivity contribution is 0.489. The number of aryl methyl sites for hydroxylation is 1. The Morgan fingerprint density at radius 1 is 1.65 bits per heavy atom. The Morgan fingerprint density at radius 2 is 2.47 bits per heavy atom. The van der Waals surface area contributed by atoms with Gasteiger partial charge in [-0.05, 0) is 51.7 Å². The molecule has 0 bridgehead atoms. The second-order valence-electron chi connectivity index (χ2n) is 3.75. The number of nitrogens with two attached hydrogens (primary N) is 1. The van der Waals surface area contributed by atoms with Gasteiger partial charge in [-0.1, -0.05) is 0 Å². The molecular formula is C11H15BrN4S. The molecule has 0 aliphatic rings. The molecule has 0 radical (unpaired) electrons. The number of aromatic nitrogens is 2. The van der Waals surface area contributed by atoms with Gasteiger partial charge in [0, 0.05) is 6.54 Å². The molecule has 0 aliphatic carbocycles. The molecule has 0 aromatic carbocycles. The van der Waals surface area contributed by atoms with E-state index in [0.29, 0.717) is 0 Å². The van der Waals surface area contributed by atoms with Gasteiger partial charge < -0.3 is 0 Å². The number of hydrogen-bond acceptors (Lipinski definition) is 4. The molecule has 1 unspecified atom stereocenters. The minimum Gasteiger partial charge on any atom is -0.271 e. The first-order chi connectivity index (χ1) is 8.26. The highest BCUT2D eigenvalue weighted by Crippen LogP contribution is 2.26. The highest BCUT2D eigenvalue weighted by atomic mass is 79.9. The standard InChI is InChI=1S/C11H15BrN4S/c1-2-16-11(9(12)6-14-16)10(15-13)5-8-3-4-17-7-8/h3-4,6-7,10,15H,2,5,13H2,1H3. The van der Waals surface area contributed by atoms with E-state index in [-0.39, 0.29) is 6.04 Å². The van der Waals surface area contributed by atoms with E-state index >= 15 is 0 Å². The zero-order valence-corrected chi connectivity index (χ0v) is 12.0. The third-order valence-corrected chi connectivity index (χ3v) is 4.03. The van der Waals surface area contributed by atoms with E-state index in [9.17, 15) is 0 Å². The molecule has 0 saturated carbocycles. The van der Waals surface area contributed by atoms with Crippen LogP contribution in [0, 0.1) is 0 Å². The van der Waals surface area contributed by atoms with Crippen molar-refractivity contribution in [1.82, 2.24) is 15.2 Å². The van der Waals surface area contributed by atoms with Gasteiger partial charge in [-0.3, -0.25) is 16.0 Å². The van der Waals surface area contributed by atoms with E-state index in [1.165, 1.54) is 5.56 Å². The van der Waals surface area contributed by atoms with Crippen molar-refractivity contribution in [2.75, 3.05) is 0 Å². The molecule has 0 aliphatic heterocycles. The van der Waals surface area contributed by atoms with Crippen LogP contribution in [0.25, 0.3) is 0 Å². The average molecular weight is 315 g/mol. The second kappa shape index (κ2) is 5.77. The van der Waals surface area contributed by atoms with E-state index in [0.717, 1.165) is 23.1 Å². The summed E-state index contributed by atoms with van der Waals surface area (Å²) in [5.41, 5.74) is 5.26. The van der Waals surface area contributed by atoms with E-state index in [2.05, 4.69) is 50.2 Å². The summed E-state index contributed by atoms with van der Waals surface area (Å²) in [6.45, 7) is 2.91. The molecule has 0 saturated heterocycles. The first kappa shape index (κ1) is 12.8. The van der Waals surface area contributed by atoms with Crippen molar-refractivity contribution in [2.45, 2.75) is 25.9 Å².